The SMILES string of the molecule is CCOc1c(I)cc(C(=O)Nc2ccc(O)cc2)cc1OC. The summed E-state index contributed by atoms with van der Waals surface area (Å²) in [5, 5.41) is 12.0. The Kier molecular flexibility index (Phi) is 5.48. The van der Waals surface area contributed by atoms with E-state index in [1.165, 1.54) is 19.2 Å². The van der Waals surface area contributed by atoms with Gasteiger partial charge in [-0.15, -0.1) is 0 Å². The van der Waals surface area contributed by atoms with E-state index >= 15 is 0 Å². The number of methoxy groups -OCH3 is 1. The minimum absolute atomic E-state index is 0.148. The molecule has 0 saturated heterocycles. The highest BCUT2D eigenvalue weighted by Crippen LogP contribution is 2.34. The molecule has 0 unspecified atom stereocenters. The summed E-state index contributed by atoms with van der Waals surface area (Å²) in [7, 11) is 1.54. The van der Waals surface area contributed by atoms with Gasteiger partial charge >= 0.3 is 0 Å². The number of nitrogens with one attached hydrogen (secondary N) is 1. The molecule has 6 heteroatoms. The van der Waals surface area contributed by atoms with E-state index in [0.29, 0.717) is 29.4 Å². The Morgan fingerprint density at radius 1 is 1.27 bits per heavy atom. The number of anilines is 1. The second kappa shape index (κ2) is 7.35. The molecule has 2 aromatic rings. The molecule has 0 aromatic heterocycles. The molecular weight excluding hydrogens is 397 g/mol. The minimum atomic E-state index is -0.259. The Labute approximate surface area is 142 Å². The number of rotatable bonds is 5. The molecule has 0 bridgehead atoms. The molecule has 0 aliphatic carbocycles. The van der Waals surface area contributed by atoms with Gasteiger partial charge in [-0.05, 0) is 65.9 Å². The minimum Gasteiger partial charge on any atom is -0.508 e. The highest BCUT2D eigenvalue weighted by molar-refractivity contribution is 14.1. The second-order valence-corrected chi connectivity index (χ2v) is 5.59. The monoisotopic (exact) mass is 413 g/mol. The van der Waals surface area contributed by atoms with Gasteiger partial charge in [0.05, 0.1) is 17.3 Å². The number of carbonyl (C=O) groups is 1. The Morgan fingerprint density at radius 3 is 2.55 bits per heavy atom. The van der Waals surface area contributed by atoms with Crippen molar-refractivity contribution in [1.82, 2.24) is 0 Å². The molecule has 2 rings (SSSR count). The summed E-state index contributed by atoms with van der Waals surface area (Å²) in [6.07, 6.45) is 0. The molecular formula is C16H16INO4. The highest BCUT2D eigenvalue weighted by Gasteiger charge is 2.15. The quantitative estimate of drug-likeness (QED) is 0.580. The number of hydrogen-bond acceptors (Lipinski definition) is 4. The zero-order chi connectivity index (χ0) is 16.1. The van der Waals surface area contributed by atoms with E-state index in [4.69, 9.17) is 9.47 Å². The van der Waals surface area contributed by atoms with Crippen molar-refractivity contribution in [2.45, 2.75) is 6.92 Å². The van der Waals surface area contributed by atoms with Gasteiger partial charge in [0, 0.05) is 11.3 Å². The Balaban J connectivity index is 2.26. The van der Waals surface area contributed by atoms with Crippen LogP contribution in [0.1, 0.15) is 17.3 Å². The summed E-state index contributed by atoms with van der Waals surface area (Å²) in [5.41, 5.74) is 1.07. The van der Waals surface area contributed by atoms with Gasteiger partial charge in [-0.1, -0.05) is 0 Å². The molecule has 0 heterocycles. The first-order valence-electron chi connectivity index (χ1n) is 6.66. The molecule has 116 valence electrons. The van der Waals surface area contributed by atoms with Crippen LogP contribution in [0.2, 0.25) is 0 Å². The molecule has 0 aliphatic heterocycles. The Hall–Kier alpha value is -1.96. The summed E-state index contributed by atoms with van der Waals surface area (Å²) >= 11 is 2.11. The van der Waals surface area contributed by atoms with Crippen LogP contribution in [0, 0.1) is 3.57 Å². The van der Waals surface area contributed by atoms with Crippen molar-refractivity contribution in [2.75, 3.05) is 19.0 Å². The van der Waals surface area contributed by atoms with Crippen molar-refractivity contribution >= 4 is 34.2 Å². The molecule has 0 spiro atoms. The molecule has 22 heavy (non-hydrogen) atoms. The van der Waals surface area contributed by atoms with Crippen LogP contribution >= 0.6 is 22.6 Å². The topological polar surface area (TPSA) is 67.8 Å². The summed E-state index contributed by atoms with van der Waals surface area (Å²) in [6.45, 7) is 2.41. The smallest absolute Gasteiger partial charge is 0.255 e. The van der Waals surface area contributed by atoms with E-state index < -0.39 is 0 Å². The van der Waals surface area contributed by atoms with Gasteiger partial charge in [-0.2, -0.15) is 0 Å². The predicted molar refractivity (Wildman–Crippen MR) is 92.9 cm³/mol. The molecule has 0 fully saturated rings. The fourth-order valence-corrected chi connectivity index (χ4v) is 2.64. The van der Waals surface area contributed by atoms with Gasteiger partial charge in [-0.3, -0.25) is 4.79 Å². The summed E-state index contributed by atoms with van der Waals surface area (Å²) in [4.78, 5) is 12.3. The van der Waals surface area contributed by atoms with Crippen molar-refractivity contribution in [3.05, 3.63) is 45.5 Å². The number of ether oxygens (including phenoxy) is 2. The van der Waals surface area contributed by atoms with Gasteiger partial charge in [-0.25, -0.2) is 0 Å². The number of amides is 1. The fourth-order valence-electron chi connectivity index (χ4n) is 1.88. The highest BCUT2D eigenvalue weighted by atomic mass is 127. The van der Waals surface area contributed by atoms with Crippen LogP contribution in [0.15, 0.2) is 36.4 Å². The van der Waals surface area contributed by atoms with E-state index in [-0.39, 0.29) is 11.7 Å². The average Bonchev–Trinajstić information content (AvgIpc) is 2.51. The van der Waals surface area contributed by atoms with E-state index in [0.717, 1.165) is 3.57 Å². The van der Waals surface area contributed by atoms with Crippen molar-refractivity contribution in [1.29, 1.82) is 0 Å². The maximum atomic E-state index is 12.3. The predicted octanol–water partition coefficient (Wildman–Crippen LogP) is 3.66. The fraction of sp³-hybridized carbons (Fsp3) is 0.188. The van der Waals surface area contributed by atoms with Gasteiger partial charge in [0.25, 0.3) is 5.91 Å². The van der Waals surface area contributed by atoms with E-state index in [1.807, 2.05) is 6.92 Å². The van der Waals surface area contributed by atoms with Crippen molar-refractivity contribution < 1.29 is 19.4 Å². The van der Waals surface area contributed by atoms with Gasteiger partial charge < -0.3 is 19.9 Å². The summed E-state index contributed by atoms with van der Waals surface area (Å²) in [6, 6.07) is 9.66. The Bertz CT molecular complexity index is 671. The molecule has 1 amide bonds. The van der Waals surface area contributed by atoms with Crippen LogP contribution < -0.4 is 14.8 Å². The van der Waals surface area contributed by atoms with E-state index in [9.17, 15) is 9.90 Å². The third kappa shape index (κ3) is 3.82. The third-order valence-electron chi connectivity index (χ3n) is 2.91. The van der Waals surface area contributed by atoms with Crippen LogP contribution in [-0.2, 0) is 0 Å². The van der Waals surface area contributed by atoms with Gasteiger partial charge in [0.1, 0.15) is 5.75 Å². The standard InChI is InChI=1S/C16H16INO4/c1-3-22-15-13(17)8-10(9-14(15)21-2)16(20)18-11-4-6-12(19)7-5-11/h4-9,19H,3H2,1-2H3,(H,18,20). The number of phenolic OH excluding ortho intramolecular Hbond substituents is 1. The van der Waals surface area contributed by atoms with Gasteiger partial charge in [0.15, 0.2) is 11.5 Å². The number of aromatic hydroxyl groups is 1. The number of hydrogen-bond donors (Lipinski definition) is 2. The number of halogens is 1. The second-order valence-electron chi connectivity index (χ2n) is 4.42. The van der Waals surface area contributed by atoms with Crippen LogP contribution in [0.25, 0.3) is 0 Å². The maximum Gasteiger partial charge on any atom is 0.255 e. The first kappa shape index (κ1) is 16.4. The lowest BCUT2D eigenvalue weighted by Crippen LogP contribution is -2.12. The number of phenols is 1. The molecule has 5 nitrogen and oxygen atoms in total. The molecule has 2 aromatic carbocycles. The average molecular weight is 413 g/mol. The molecule has 0 saturated carbocycles. The van der Waals surface area contributed by atoms with Gasteiger partial charge in [0.2, 0.25) is 0 Å². The third-order valence-corrected chi connectivity index (χ3v) is 3.71. The molecule has 0 atom stereocenters. The first-order chi connectivity index (χ1) is 10.5. The number of carbonyl (C=O) groups excluding carboxylic acids is 1. The van der Waals surface area contributed by atoms with Crippen molar-refractivity contribution in [3.63, 3.8) is 0 Å². The van der Waals surface area contributed by atoms with Crippen LogP contribution in [-0.4, -0.2) is 24.7 Å². The molecule has 2 N–H and O–H groups in total. The van der Waals surface area contributed by atoms with Crippen LogP contribution in [0.4, 0.5) is 5.69 Å². The zero-order valence-electron chi connectivity index (χ0n) is 12.2. The Morgan fingerprint density at radius 2 is 1.95 bits per heavy atom. The maximum absolute atomic E-state index is 12.3. The molecule has 0 radical (unpaired) electrons. The van der Waals surface area contributed by atoms with Crippen LogP contribution in [0.3, 0.4) is 0 Å². The van der Waals surface area contributed by atoms with Crippen molar-refractivity contribution in [2.24, 2.45) is 0 Å². The summed E-state index contributed by atoms with van der Waals surface area (Å²) < 4.78 is 11.6. The van der Waals surface area contributed by atoms with E-state index in [1.54, 1.807) is 24.3 Å². The zero-order valence-corrected chi connectivity index (χ0v) is 14.4. The normalized spacial score (nSPS) is 10.1. The lowest BCUT2D eigenvalue weighted by Gasteiger charge is -2.13. The molecule has 0 aliphatic rings. The van der Waals surface area contributed by atoms with E-state index in [2.05, 4.69) is 27.9 Å². The first-order valence-corrected chi connectivity index (χ1v) is 7.73. The largest absolute Gasteiger partial charge is 0.508 e. The van der Waals surface area contributed by atoms with Crippen LogP contribution in [0.5, 0.6) is 17.2 Å². The number of benzene rings is 2. The summed E-state index contributed by atoms with van der Waals surface area (Å²) in [5.74, 6) is 1.04. The lowest BCUT2D eigenvalue weighted by molar-refractivity contribution is 0.102. The lowest BCUT2D eigenvalue weighted by atomic mass is 10.1. The van der Waals surface area contributed by atoms with Crippen molar-refractivity contribution in [3.8, 4) is 17.2 Å².